The van der Waals surface area contributed by atoms with Crippen molar-refractivity contribution >= 4 is 23.4 Å². The molecule has 0 bridgehead atoms. The highest BCUT2D eigenvalue weighted by atomic mass is 32.2. The summed E-state index contributed by atoms with van der Waals surface area (Å²) in [5.74, 6) is -0.230. The molecule has 2 N–H and O–H groups in total. The Morgan fingerprint density at radius 3 is 2.68 bits per heavy atom. The highest BCUT2D eigenvalue weighted by molar-refractivity contribution is 7.99. The van der Waals surface area contributed by atoms with Gasteiger partial charge >= 0.3 is 0 Å². The average molecular weight is 394 g/mol. The number of anilines is 1. The summed E-state index contributed by atoms with van der Waals surface area (Å²) in [5, 5.41) is 14.5. The van der Waals surface area contributed by atoms with Gasteiger partial charge in [0.2, 0.25) is 0 Å². The van der Waals surface area contributed by atoms with E-state index in [9.17, 15) is 4.79 Å². The minimum absolute atomic E-state index is 0.230. The van der Waals surface area contributed by atoms with Gasteiger partial charge in [0.15, 0.2) is 5.69 Å². The van der Waals surface area contributed by atoms with Crippen molar-refractivity contribution in [2.75, 3.05) is 18.4 Å². The first-order valence-corrected chi connectivity index (χ1v) is 10.3. The first-order valence-electron chi connectivity index (χ1n) is 9.46. The van der Waals surface area contributed by atoms with Gasteiger partial charge in [-0.3, -0.25) is 4.79 Å². The molecule has 0 saturated carbocycles. The van der Waals surface area contributed by atoms with Gasteiger partial charge < -0.3 is 10.6 Å². The van der Waals surface area contributed by atoms with Crippen molar-refractivity contribution in [1.82, 2.24) is 20.3 Å². The number of rotatable bonds is 5. The molecular weight excluding hydrogens is 370 g/mol. The molecule has 28 heavy (non-hydrogen) atoms. The first-order chi connectivity index (χ1) is 13.7. The zero-order valence-corrected chi connectivity index (χ0v) is 16.6. The molecule has 1 amide bonds. The van der Waals surface area contributed by atoms with E-state index in [1.54, 1.807) is 18.0 Å². The number of aryl methyl sites for hydroxylation is 1. The molecule has 4 rings (SSSR count). The Morgan fingerprint density at radius 2 is 1.93 bits per heavy atom. The summed E-state index contributed by atoms with van der Waals surface area (Å²) >= 11 is 1.70. The van der Waals surface area contributed by atoms with E-state index in [2.05, 4.69) is 39.1 Å². The number of benzene rings is 2. The molecule has 144 valence electrons. The lowest BCUT2D eigenvalue weighted by Crippen LogP contribution is -2.29. The lowest BCUT2D eigenvalue weighted by Gasteiger charge is -2.22. The second-order valence-electron chi connectivity index (χ2n) is 6.91. The maximum absolute atomic E-state index is 12.6. The predicted octanol–water partition coefficient (Wildman–Crippen LogP) is 3.91. The second-order valence-corrected chi connectivity index (χ2v) is 8.06. The van der Waals surface area contributed by atoms with Crippen molar-refractivity contribution < 1.29 is 4.79 Å². The summed E-state index contributed by atoms with van der Waals surface area (Å²) in [5.41, 5.74) is 2.15. The Bertz CT molecular complexity index is 950. The number of hydrogen-bond acceptors (Lipinski definition) is 5. The second kappa shape index (κ2) is 8.58. The maximum Gasteiger partial charge on any atom is 0.277 e. The standard InChI is InChI=1S/C21H23N5OS/c1-15-13-18(28-17-5-3-2-4-6-17)7-8-19(15)23-21(27)20-14-26(25-24-20)16-9-11-22-12-10-16/h2-8,13-14,16,22H,9-12H2,1H3,(H,23,27). The lowest BCUT2D eigenvalue weighted by atomic mass is 10.1. The van der Waals surface area contributed by atoms with Gasteiger partial charge in [-0.2, -0.15) is 0 Å². The minimum atomic E-state index is -0.230. The molecule has 0 atom stereocenters. The van der Waals surface area contributed by atoms with E-state index in [0.717, 1.165) is 42.1 Å². The van der Waals surface area contributed by atoms with Crippen LogP contribution in [-0.2, 0) is 0 Å². The number of carbonyl (C=O) groups is 1. The van der Waals surface area contributed by atoms with Crippen LogP contribution in [-0.4, -0.2) is 34.0 Å². The molecule has 6 nitrogen and oxygen atoms in total. The third kappa shape index (κ3) is 4.43. The molecule has 2 aromatic carbocycles. The topological polar surface area (TPSA) is 71.8 Å². The normalized spacial score (nSPS) is 14.8. The van der Waals surface area contributed by atoms with Gasteiger partial charge in [0.25, 0.3) is 5.91 Å². The van der Waals surface area contributed by atoms with Crippen LogP contribution in [0.3, 0.4) is 0 Å². The fourth-order valence-corrected chi connectivity index (χ4v) is 4.22. The molecule has 0 spiro atoms. The molecule has 1 saturated heterocycles. The summed E-state index contributed by atoms with van der Waals surface area (Å²) in [6.45, 7) is 3.94. The van der Waals surface area contributed by atoms with Gasteiger partial charge in [-0.1, -0.05) is 35.2 Å². The van der Waals surface area contributed by atoms with Crippen LogP contribution in [0.4, 0.5) is 5.69 Å². The largest absolute Gasteiger partial charge is 0.320 e. The van der Waals surface area contributed by atoms with Crippen LogP contribution >= 0.6 is 11.8 Å². The van der Waals surface area contributed by atoms with Crippen LogP contribution in [0.1, 0.15) is 34.9 Å². The molecule has 0 aliphatic carbocycles. The van der Waals surface area contributed by atoms with E-state index in [0.29, 0.717) is 11.7 Å². The molecule has 2 heterocycles. The predicted molar refractivity (Wildman–Crippen MR) is 111 cm³/mol. The third-order valence-electron chi connectivity index (χ3n) is 4.85. The Labute approximate surface area is 168 Å². The third-order valence-corrected chi connectivity index (χ3v) is 5.85. The zero-order valence-electron chi connectivity index (χ0n) is 15.8. The van der Waals surface area contributed by atoms with Crippen molar-refractivity contribution in [3.05, 3.63) is 66.0 Å². The van der Waals surface area contributed by atoms with Crippen LogP contribution in [0.2, 0.25) is 0 Å². The van der Waals surface area contributed by atoms with Gasteiger partial charge in [-0.05, 0) is 68.8 Å². The number of piperidine rings is 1. The van der Waals surface area contributed by atoms with Crippen molar-refractivity contribution in [3.63, 3.8) is 0 Å². The molecule has 0 unspecified atom stereocenters. The van der Waals surface area contributed by atoms with Crippen molar-refractivity contribution in [3.8, 4) is 0 Å². The molecule has 1 aliphatic rings. The summed E-state index contributed by atoms with van der Waals surface area (Å²) < 4.78 is 1.82. The number of nitrogens with zero attached hydrogens (tertiary/aromatic N) is 3. The monoisotopic (exact) mass is 393 g/mol. The molecule has 0 radical (unpaired) electrons. The Morgan fingerprint density at radius 1 is 1.14 bits per heavy atom. The van der Waals surface area contributed by atoms with E-state index in [1.165, 1.54) is 4.90 Å². The van der Waals surface area contributed by atoms with Crippen LogP contribution in [0.25, 0.3) is 0 Å². The molecule has 1 aromatic heterocycles. The van der Waals surface area contributed by atoms with Crippen molar-refractivity contribution in [2.24, 2.45) is 0 Å². The Hall–Kier alpha value is -2.64. The summed E-state index contributed by atoms with van der Waals surface area (Å²) in [7, 11) is 0. The summed E-state index contributed by atoms with van der Waals surface area (Å²) in [6.07, 6.45) is 3.76. The van der Waals surface area contributed by atoms with E-state index >= 15 is 0 Å². The average Bonchev–Trinajstić information content (AvgIpc) is 3.22. The fourth-order valence-electron chi connectivity index (χ4n) is 3.28. The molecule has 1 aliphatic heterocycles. The molecule has 7 heteroatoms. The van der Waals surface area contributed by atoms with Crippen LogP contribution in [0.15, 0.2) is 64.5 Å². The fraction of sp³-hybridized carbons (Fsp3) is 0.286. The zero-order chi connectivity index (χ0) is 19.3. The first kappa shape index (κ1) is 18.7. The molecule has 1 fully saturated rings. The van der Waals surface area contributed by atoms with E-state index < -0.39 is 0 Å². The van der Waals surface area contributed by atoms with Gasteiger partial charge in [0.05, 0.1) is 12.2 Å². The molecule has 3 aromatic rings. The summed E-state index contributed by atoms with van der Waals surface area (Å²) in [4.78, 5) is 14.9. The van der Waals surface area contributed by atoms with Crippen LogP contribution < -0.4 is 10.6 Å². The quantitative estimate of drug-likeness (QED) is 0.688. The van der Waals surface area contributed by atoms with Gasteiger partial charge in [0.1, 0.15) is 0 Å². The summed E-state index contributed by atoms with van der Waals surface area (Å²) in [6, 6.07) is 16.6. The van der Waals surface area contributed by atoms with Crippen molar-refractivity contribution in [1.29, 1.82) is 0 Å². The Kier molecular flexibility index (Phi) is 5.73. The highest BCUT2D eigenvalue weighted by Gasteiger charge is 2.19. The number of aromatic nitrogens is 3. The Balaban J connectivity index is 1.42. The number of amides is 1. The van der Waals surface area contributed by atoms with Crippen molar-refractivity contribution in [2.45, 2.75) is 35.6 Å². The van der Waals surface area contributed by atoms with Crippen LogP contribution in [0.5, 0.6) is 0 Å². The highest BCUT2D eigenvalue weighted by Crippen LogP contribution is 2.30. The van der Waals surface area contributed by atoms with Gasteiger partial charge in [0, 0.05) is 15.5 Å². The van der Waals surface area contributed by atoms with E-state index in [-0.39, 0.29) is 5.91 Å². The smallest absolute Gasteiger partial charge is 0.277 e. The maximum atomic E-state index is 12.6. The minimum Gasteiger partial charge on any atom is -0.320 e. The van der Waals surface area contributed by atoms with Crippen LogP contribution in [0, 0.1) is 6.92 Å². The van der Waals surface area contributed by atoms with Gasteiger partial charge in [-0.25, -0.2) is 4.68 Å². The van der Waals surface area contributed by atoms with E-state index in [1.807, 2.05) is 41.9 Å². The van der Waals surface area contributed by atoms with E-state index in [4.69, 9.17) is 0 Å². The lowest BCUT2D eigenvalue weighted by molar-refractivity contribution is 0.102. The number of nitrogens with one attached hydrogen (secondary N) is 2. The van der Waals surface area contributed by atoms with Gasteiger partial charge in [-0.15, -0.1) is 5.10 Å². The molecular formula is C21H23N5OS. The number of hydrogen-bond donors (Lipinski definition) is 2. The number of carbonyl (C=O) groups excluding carboxylic acids is 1. The SMILES string of the molecule is Cc1cc(Sc2ccccc2)ccc1NC(=O)c1cn(C2CCNCC2)nn1.